The minimum Gasteiger partial charge on any atom is -0.198 e. The molecule has 0 spiro atoms. The Kier molecular flexibility index (Phi) is 18.0. The summed E-state index contributed by atoms with van der Waals surface area (Å²) in [7, 11) is 0. The molecule has 0 unspecified atom stereocenters. The third-order valence-electron chi connectivity index (χ3n) is 4.04. The fourth-order valence-corrected chi connectivity index (χ4v) is 2.68. The zero-order valence-corrected chi connectivity index (χ0v) is 13.8. The third kappa shape index (κ3) is 17.5. The molecule has 1 nitrogen and oxygen atoms in total. The van der Waals surface area contributed by atoms with Gasteiger partial charge in [0.05, 0.1) is 12.5 Å². The lowest BCUT2D eigenvalue weighted by Gasteiger charge is -2.03. The first kappa shape index (κ1) is 19.5. The fourth-order valence-electron chi connectivity index (χ4n) is 2.68. The summed E-state index contributed by atoms with van der Waals surface area (Å²) in [5, 5.41) is 8.38. The van der Waals surface area contributed by atoms with Gasteiger partial charge in [-0.1, -0.05) is 103 Å². The first-order chi connectivity index (χ1) is 9.91. The highest BCUT2D eigenvalue weighted by molar-refractivity contribution is 4.90. The minimum atomic E-state index is 0.981. The van der Waals surface area contributed by atoms with E-state index >= 15 is 0 Å². The maximum atomic E-state index is 8.38. The van der Waals surface area contributed by atoms with Crippen LogP contribution >= 0.6 is 0 Å². The lowest BCUT2D eigenvalue weighted by Crippen LogP contribution is -1.83. The number of nitriles is 1. The van der Waals surface area contributed by atoms with Crippen LogP contribution in [0.5, 0.6) is 0 Å². The molecule has 0 aliphatic rings. The van der Waals surface area contributed by atoms with Crippen LogP contribution in [0.1, 0.15) is 110 Å². The van der Waals surface area contributed by atoms with Gasteiger partial charge in [0.15, 0.2) is 0 Å². The molecule has 0 heterocycles. The lowest BCUT2D eigenvalue weighted by molar-refractivity contribution is 0.532. The van der Waals surface area contributed by atoms with Crippen molar-refractivity contribution in [3.8, 4) is 6.07 Å². The van der Waals surface area contributed by atoms with E-state index in [1.54, 1.807) is 6.42 Å². The molecule has 1 radical (unpaired) electrons. The molecule has 0 bridgehead atoms. The van der Waals surface area contributed by atoms with E-state index in [2.05, 4.69) is 13.0 Å². The average Bonchev–Trinajstić information content (AvgIpc) is 2.47. The molecule has 0 aromatic carbocycles. The van der Waals surface area contributed by atoms with Gasteiger partial charge in [0.2, 0.25) is 0 Å². The maximum absolute atomic E-state index is 8.38. The summed E-state index contributed by atoms with van der Waals surface area (Å²) in [4.78, 5) is 0. The highest BCUT2D eigenvalue weighted by Gasteiger charge is 1.94. The number of unbranched alkanes of at least 4 members (excludes halogenated alkanes) is 16. The summed E-state index contributed by atoms with van der Waals surface area (Å²) in [6.45, 7) is 2.28. The molecule has 0 aromatic heterocycles. The van der Waals surface area contributed by atoms with Crippen LogP contribution < -0.4 is 0 Å². The Hall–Kier alpha value is -0.510. The van der Waals surface area contributed by atoms with Crippen molar-refractivity contribution in [1.29, 1.82) is 5.26 Å². The Morgan fingerprint density at radius 1 is 0.600 bits per heavy atom. The molecule has 20 heavy (non-hydrogen) atoms. The molecule has 0 aromatic rings. The van der Waals surface area contributed by atoms with Crippen LogP contribution in [0.25, 0.3) is 0 Å². The molecule has 0 amide bonds. The number of hydrogen-bond donors (Lipinski definition) is 0. The summed E-state index contributed by atoms with van der Waals surface area (Å²) in [6, 6.07) is 2.09. The Labute approximate surface area is 128 Å². The van der Waals surface area contributed by atoms with Gasteiger partial charge in [0.1, 0.15) is 0 Å². The largest absolute Gasteiger partial charge is 0.198 e. The Balaban J connectivity index is 2.91. The summed E-state index contributed by atoms with van der Waals surface area (Å²) in [5.41, 5.74) is 0. The second-order valence-corrected chi connectivity index (χ2v) is 6.07. The molecule has 0 N–H and O–H groups in total. The third-order valence-corrected chi connectivity index (χ3v) is 4.04. The standard InChI is InChI=1S/C19H36N/c1-2-3-4-5-6-7-8-9-10-11-12-13-14-15-16-17-18-19-20/h18H,2-17H2,1H3. The lowest BCUT2D eigenvalue weighted by atomic mass is 10.0. The zero-order chi connectivity index (χ0) is 14.7. The van der Waals surface area contributed by atoms with Crippen molar-refractivity contribution in [1.82, 2.24) is 0 Å². The summed E-state index contributed by atoms with van der Waals surface area (Å²) < 4.78 is 0. The molecule has 1 heteroatoms. The monoisotopic (exact) mass is 278 g/mol. The topological polar surface area (TPSA) is 23.8 Å². The second kappa shape index (κ2) is 18.5. The van der Waals surface area contributed by atoms with E-state index in [1.165, 1.54) is 96.3 Å². The van der Waals surface area contributed by atoms with E-state index in [0.29, 0.717) is 0 Å². The van der Waals surface area contributed by atoms with Gasteiger partial charge in [0, 0.05) is 0 Å². The Morgan fingerprint density at radius 3 is 1.30 bits per heavy atom. The van der Waals surface area contributed by atoms with Gasteiger partial charge in [0.25, 0.3) is 0 Å². The smallest absolute Gasteiger partial charge is 0.0669 e. The van der Waals surface area contributed by atoms with Gasteiger partial charge in [-0.05, 0) is 6.42 Å². The number of nitrogens with zero attached hydrogens (tertiary/aromatic N) is 1. The van der Waals surface area contributed by atoms with Crippen molar-refractivity contribution in [2.75, 3.05) is 0 Å². The van der Waals surface area contributed by atoms with Crippen LogP contribution in [0.3, 0.4) is 0 Å². The molecule has 0 saturated carbocycles. The zero-order valence-electron chi connectivity index (χ0n) is 13.8. The van der Waals surface area contributed by atoms with Gasteiger partial charge in [-0.25, -0.2) is 0 Å². The Bertz CT molecular complexity index is 204. The molecule has 0 saturated heterocycles. The predicted octanol–water partition coefficient (Wildman–Crippen LogP) is 6.98. The van der Waals surface area contributed by atoms with E-state index in [-0.39, 0.29) is 0 Å². The average molecular weight is 279 g/mol. The van der Waals surface area contributed by atoms with E-state index in [1.807, 2.05) is 0 Å². The van der Waals surface area contributed by atoms with E-state index in [4.69, 9.17) is 5.26 Å². The molecule has 0 aliphatic heterocycles. The van der Waals surface area contributed by atoms with Crippen molar-refractivity contribution in [2.45, 2.75) is 110 Å². The van der Waals surface area contributed by atoms with Gasteiger partial charge >= 0.3 is 0 Å². The molecular weight excluding hydrogens is 242 g/mol. The van der Waals surface area contributed by atoms with E-state index in [9.17, 15) is 0 Å². The van der Waals surface area contributed by atoms with Crippen LogP contribution in [0.4, 0.5) is 0 Å². The van der Waals surface area contributed by atoms with Crippen LogP contribution in [-0.4, -0.2) is 0 Å². The van der Waals surface area contributed by atoms with E-state index < -0.39 is 0 Å². The van der Waals surface area contributed by atoms with Crippen LogP contribution in [-0.2, 0) is 0 Å². The first-order valence-corrected chi connectivity index (χ1v) is 9.13. The second-order valence-electron chi connectivity index (χ2n) is 6.07. The van der Waals surface area contributed by atoms with E-state index in [0.717, 1.165) is 6.42 Å². The minimum absolute atomic E-state index is 0.981. The van der Waals surface area contributed by atoms with Crippen molar-refractivity contribution in [3.63, 3.8) is 0 Å². The van der Waals surface area contributed by atoms with Crippen LogP contribution in [0.2, 0.25) is 0 Å². The Morgan fingerprint density at radius 2 is 0.950 bits per heavy atom. The van der Waals surface area contributed by atoms with Crippen molar-refractivity contribution in [3.05, 3.63) is 6.42 Å². The molecule has 0 aliphatic carbocycles. The van der Waals surface area contributed by atoms with Crippen molar-refractivity contribution in [2.24, 2.45) is 0 Å². The maximum Gasteiger partial charge on any atom is 0.0669 e. The quantitative estimate of drug-likeness (QED) is 0.279. The van der Waals surface area contributed by atoms with Crippen molar-refractivity contribution < 1.29 is 0 Å². The van der Waals surface area contributed by atoms with Gasteiger partial charge in [-0.2, -0.15) is 5.26 Å². The van der Waals surface area contributed by atoms with Crippen molar-refractivity contribution >= 4 is 0 Å². The predicted molar refractivity (Wildman–Crippen MR) is 89.5 cm³/mol. The van der Waals surface area contributed by atoms with Gasteiger partial charge < -0.3 is 0 Å². The molecular formula is C19H36N. The SMILES string of the molecule is CCCCCCCCCCCCCCCCC[CH]C#N. The number of rotatable bonds is 16. The van der Waals surface area contributed by atoms with Gasteiger partial charge in [-0.3, -0.25) is 0 Å². The van der Waals surface area contributed by atoms with Gasteiger partial charge in [-0.15, -0.1) is 0 Å². The highest BCUT2D eigenvalue weighted by atomic mass is 14.2. The fraction of sp³-hybridized carbons (Fsp3) is 0.895. The normalized spacial score (nSPS) is 10.6. The summed E-state index contributed by atoms with van der Waals surface area (Å²) in [6.07, 6.45) is 23.7. The molecule has 117 valence electrons. The number of hydrogen-bond acceptors (Lipinski definition) is 1. The molecule has 0 fully saturated rings. The highest BCUT2D eigenvalue weighted by Crippen LogP contribution is 2.13. The van der Waals surface area contributed by atoms with Crippen LogP contribution in [0.15, 0.2) is 0 Å². The summed E-state index contributed by atoms with van der Waals surface area (Å²) in [5.74, 6) is 0. The first-order valence-electron chi connectivity index (χ1n) is 9.13. The van der Waals surface area contributed by atoms with Crippen LogP contribution in [0, 0.1) is 17.8 Å². The summed E-state index contributed by atoms with van der Waals surface area (Å²) >= 11 is 0. The molecule has 0 atom stereocenters. The molecule has 0 rings (SSSR count).